The van der Waals surface area contributed by atoms with E-state index in [4.69, 9.17) is 18.9 Å². The maximum absolute atomic E-state index is 9.96. The van der Waals surface area contributed by atoms with Crippen LogP contribution in [0.4, 0.5) is 0 Å². The highest BCUT2D eigenvalue weighted by Crippen LogP contribution is 2.27. The third-order valence-corrected chi connectivity index (χ3v) is 5.56. The molecule has 1 heterocycles. The topological polar surface area (TPSA) is 57.2 Å². The Balaban J connectivity index is 1.47. The van der Waals surface area contributed by atoms with Crippen molar-refractivity contribution in [2.45, 2.75) is 38.1 Å². The number of ether oxygens (including phenoxy) is 4. The van der Waals surface area contributed by atoms with E-state index in [1.54, 1.807) is 6.26 Å². The van der Waals surface area contributed by atoms with Crippen LogP contribution in [0.25, 0.3) is 0 Å². The number of hydrogen-bond donors (Lipinski definition) is 1. The molecule has 0 fully saturated rings. The molecular formula is C28H30O5. The Morgan fingerprint density at radius 2 is 1.18 bits per heavy atom. The van der Waals surface area contributed by atoms with E-state index in [0.717, 1.165) is 16.7 Å². The van der Waals surface area contributed by atoms with Gasteiger partial charge in [-0.1, -0.05) is 91.0 Å². The van der Waals surface area contributed by atoms with E-state index in [0.29, 0.717) is 32.0 Å². The summed E-state index contributed by atoms with van der Waals surface area (Å²) in [5.41, 5.74) is 3.87. The van der Waals surface area contributed by atoms with Gasteiger partial charge in [-0.25, -0.2) is 0 Å². The van der Waals surface area contributed by atoms with Crippen LogP contribution >= 0.6 is 0 Å². The average Bonchev–Trinajstić information content (AvgIpc) is 2.88. The van der Waals surface area contributed by atoms with Crippen molar-refractivity contribution in [1.29, 1.82) is 0 Å². The summed E-state index contributed by atoms with van der Waals surface area (Å²) < 4.78 is 24.5. The molecule has 0 radical (unpaired) electrons. The zero-order chi connectivity index (χ0) is 22.7. The number of rotatable bonds is 11. The van der Waals surface area contributed by atoms with Crippen LogP contribution in [0, 0.1) is 0 Å². The van der Waals surface area contributed by atoms with Gasteiger partial charge in [-0.15, -0.1) is 0 Å². The van der Waals surface area contributed by atoms with Gasteiger partial charge in [0.15, 0.2) is 0 Å². The second kappa shape index (κ2) is 12.3. The zero-order valence-corrected chi connectivity index (χ0v) is 18.6. The Hall–Kier alpha value is -2.96. The first-order valence-electron chi connectivity index (χ1n) is 11.2. The molecule has 0 unspecified atom stereocenters. The van der Waals surface area contributed by atoms with Crippen molar-refractivity contribution in [2.75, 3.05) is 13.2 Å². The molecule has 0 amide bonds. The van der Waals surface area contributed by atoms with Gasteiger partial charge in [0.25, 0.3) is 0 Å². The van der Waals surface area contributed by atoms with Crippen LogP contribution in [-0.4, -0.2) is 36.6 Å². The second-order valence-electron chi connectivity index (χ2n) is 8.00. The number of hydrogen-bond acceptors (Lipinski definition) is 5. The number of aliphatic hydroxyl groups is 1. The normalized spacial score (nSPS) is 20.2. The summed E-state index contributed by atoms with van der Waals surface area (Å²) in [6, 6.07) is 30.0. The summed E-state index contributed by atoms with van der Waals surface area (Å²) >= 11 is 0. The quantitative estimate of drug-likeness (QED) is 0.465. The summed E-state index contributed by atoms with van der Waals surface area (Å²) in [6.07, 6.45) is 0.345. The first kappa shape index (κ1) is 23.2. The minimum Gasteiger partial charge on any atom is -0.493 e. The Bertz CT molecular complexity index is 975. The fraction of sp³-hybridized carbons (Fsp3) is 0.286. The Kier molecular flexibility index (Phi) is 8.67. The minimum absolute atomic E-state index is 0.164. The molecule has 0 aliphatic carbocycles. The number of aliphatic hydroxyl groups excluding tert-OH is 1. The first-order chi connectivity index (χ1) is 16.3. The molecule has 0 saturated carbocycles. The minimum atomic E-state index is -0.446. The molecule has 0 saturated heterocycles. The monoisotopic (exact) mass is 446 g/mol. The van der Waals surface area contributed by atoms with E-state index in [1.807, 2.05) is 91.0 Å². The Labute approximate surface area is 195 Å². The number of benzene rings is 3. The van der Waals surface area contributed by atoms with Gasteiger partial charge >= 0.3 is 0 Å². The van der Waals surface area contributed by atoms with Crippen LogP contribution in [0.2, 0.25) is 0 Å². The van der Waals surface area contributed by atoms with Crippen molar-refractivity contribution in [3.63, 3.8) is 0 Å². The molecule has 1 aliphatic rings. The SMILES string of the molecule is OCC1=CO[C@H](COCc2ccccc2)[C@@H](OCc2ccccc2)[C@@H]1OCc1ccccc1. The molecule has 3 aromatic carbocycles. The van der Waals surface area contributed by atoms with Gasteiger partial charge in [0.1, 0.15) is 18.3 Å². The fourth-order valence-electron chi connectivity index (χ4n) is 3.78. The Morgan fingerprint density at radius 1 is 0.667 bits per heavy atom. The van der Waals surface area contributed by atoms with E-state index in [1.165, 1.54) is 0 Å². The Morgan fingerprint density at radius 3 is 1.73 bits per heavy atom. The van der Waals surface area contributed by atoms with Crippen LogP contribution in [-0.2, 0) is 38.8 Å². The van der Waals surface area contributed by atoms with Gasteiger partial charge in [-0.3, -0.25) is 0 Å². The highest BCUT2D eigenvalue weighted by atomic mass is 16.6. The molecule has 0 spiro atoms. The van der Waals surface area contributed by atoms with Crippen LogP contribution in [0.1, 0.15) is 16.7 Å². The maximum Gasteiger partial charge on any atom is 0.150 e. The molecule has 3 atom stereocenters. The van der Waals surface area contributed by atoms with Crippen LogP contribution in [0.3, 0.4) is 0 Å². The molecule has 172 valence electrons. The molecule has 5 heteroatoms. The smallest absolute Gasteiger partial charge is 0.150 e. The van der Waals surface area contributed by atoms with E-state index in [9.17, 15) is 5.11 Å². The molecular weight excluding hydrogens is 416 g/mol. The van der Waals surface area contributed by atoms with Crippen molar-refractivity contribution in [1.82, 2.24) is 0 Å². The van der Waals surface area contributed by atoms with E-state index in [2.05, 4.69) is 0 Å². The summed E-state index contributed by atoms with van der Waals surface area (Å²) in [4.78, 5) is 0. The lowest BCUT2D eigenvalue weighted by Gasteiger charge is -2.37. The molecule has 1 N–H and O–H groups in total. The predicted octanol–water partition coefficient (Wildman–Crippen LogP) is 4.65. The molecule has 1 aliphatic heterocycles. The average molecular weight is 447 g/mol. The summed E-state index contributed by atoms with van der Waals surface area (Å²) in [7, 11) is 0. The second-order valence-corrected chi connectivity index (χ2v) is 8.00. The van der Waals surface area contributed by atoms with Crippen molar-refractivity contribution < 1.29 is 24.1 Å². The van der Waals surface area contributed by atoms with Crippen molar-refractivity contribution in [3.05, 3.63) is 120 Å². The van der Waals surface area contributed by atoms with E-state index >= 15 is 0 Å². The zero-order valence-electron chi connectivity index (χ0n) is 18.6. The standard InChI is InChI=1S/C28H30O5/c29-16-25-20-31-26(21-30-17-22-10-4-1-5-11-22)28(33-19-24-14-8-3-9-15-24)27(25)32-18-23-12-6-2-7-13-23/h1-15,20,26-29H,16-19,21H2/t26-,27-,28-/m1/s1. The van der Waals surface area contributed by atoms with Crippen molar-refractivity contribution in [2.24, 2.45) is 0 Å². The van der Waals surface area contributed by atoms with Crippen molar-refractivity contribution in [3.8, 4) is 0 Å². The summed E-state index contributed by atoms with van der Waals surface area (Å²) in [5, 5.41) is 9.96. The van der Waals surface area contributed by atoms with Gasteiger partial charge < -0.3 is 24.1 Å². The fourth-order valence-corrected chi connectivity index (χ4v) is 3.78. The first-order valence-corrected chi connectivity index (χ1v) is 11.2. The molecule has 0 bridgehead atoms. The summed E-state index contributed by atoms with van der Waals surface area (Å²) in [6.45, 7) is 1.48. The lowest BCUT2D eigenvalue weighted by molar-refractivity contribution is -0.153. The van der Waals surface area contributed by atoms with Crippen LogP contribution in [0.15, 0.2) is 103 Å². The largest absolute Gasteiger partial charge is 0.493 e. The lowest BCUT2D eigenvalue weighted by Crippen LogP contribution is -2.48. The van der Waals surface area contributed by atoms with Gasteiger partial charge in [-0.2, -0.15) is 0 Å². The van der Waals surface area contributed by atoms with Gasteiger partial charge in [0.05, 0.1) is 39.3 Å². The highest BCUT2D eigenvalue weighted by molar-refractivity contribution is 5.18. The maximum atomic E-state index is 9.96. The third-order valence-electron chi connectivity index (χ3n) is 5.56. The molecule has 5 nitrogen and oxygen atoms in total. The predicted molar refractivity (Wildman–Crippen MR) is 126 cm³/mol. The highest BCUT2D eigenvalue weighted by Gasteiger charge is 2.38. The van der Waals surface area contributed by atoms with E-state index in [-0.39, 0.29) is 12.7 Å². The summed E-state index contributed by atoms with van der Waals surface area (Å²) in [5.74, 6) is 0. The van der Waals surface area contributed by atoms with Crippen LogP contribution in [0.5, 0.6) is 0 Å². The van der Waals surface area contributed by atoms with Gasteiger partial charge in [0.2, 0.25) is 0 Å². The lowest BCUT2D eigenvalue weighted by atomic mass is 9.98. The molecule has 4 rings (SSSR count). The van der Waals surface area contributed by atoms with Crippen LogP contribution < -0.4 is 0 Å². The van der Waals surface area contributed by atoms with Gasteiger partial charge in [0, 0.05) is 5.57 Å². The molecule has 33 heavy (non-hydrogen) atoms. The third kappa shape index (κ3) is 6.76. The van der Waals surface area contributed by atoms with Crippen molar-refractivity contribution >= 4 is 0 Å². The molecule has 3 aromatic rings. The van der Waals surface area contributed by atoms with E-state index < -0.39 is 12.2 Å². The van der Waals surface area contributed by atoms with Gasteiger partial charge in [-0.05, 0) is 16.7 Å². The molecule has 0 aromatic heterocycles.